The molecule has 0 saturated carbocycles. The molecule has 1 aliphatic heterocycles. The smallest absolute Gasteiger partial charge is 0.406 e. The zero-order chi connectivity index (χ0) is 16.6. The fourth-order valence-electron chi connectivity index (χ4n) is 2.90. The second kappa shape index (κ2) is 6.17. The summed E-state index contributed by atoms with van der Waals surface area (Å²) in [6.45, 7) is 4.49. The highest BCUT2D eigenvalue weighted by Crippen LogP contribution is 2.30. The minimum absolute atomic E-state index is 0.189. The van der Waals surface area contributed by atoms with Crippen LogP contribution in [0.5, 0.6) is 5.75 Å². The van der Waals surface area contributed by atoms with E-state index in [1.54, 1.807) is 12.1 Å². The Morgan fingerprint density at radius 2 is 1.83 bits per heavy atom. The van der Waals surface area contributed by atoms with Crippen molar-refractivity contribution in [2.24, 2.45) is 0 Å². The summed E-state index contributed by atoms with van der Waals surface area (Å²) in [5, 5.41) is 0. The molecule has 6 heteroatoms. The second-order valence-electron chi connectivity index (χ2n) is 5.70. The number of ether oxygens (including phenoxy) is 1. The van der Waals surface area contributed by atoms with Gasteiger partial charge in [0, 0.05) is 24.1 Å². The number of rotatable bonds is 3. The Balaban J connectivity index is 1.66. The molecule has 3 rings (SSSR count). The third kappa shape index (κ3) is 4.06. The molecule has 0 fully saturated rings. The maximum absolute atomic E-state index is 12.2. The van der Waals surface area contributed by atoms with Crippen LogP contribution in [-0.4, -0.2) is 11.3 Å². The summed E-state index contributed by atoms with van der Waals surface area (Å²) in [6, 6.07) is 10.3. The van der Waals surface area contributed by atoms with E-state index in [0.717, 1.165) is 23.1 Å². The third-order valence-corrected chi connectivity index (χ3v) is 4.33. The van der Waals surface area contributed by atoms with Crippen molar-refractivity contribution in [3.63, 3.8) is 0 Å². The van der Waals surface area contributed by atoms with E-state index in [0.29, 0.717) is 6.54 Å². The zero-order valence-corrected chi connectivity index (χ0v) is 14.0. The molecule has 0 aromatic heterocycles. The zero-order valence-electron chi connectivity index (χ0n) is 12.5. The minimum atomic E-state index is -4.65. The van der Waals surface area contributed by atoms with Crippen LogP contribution in [0.2, 0.25) is 0 Å². The highest BCUT2D eigenvalue weighted by atomic mass is 79.9. The monoisotopic (exact) mass is 385 g/mol. The highest BCUT2D eigenvalue weighted by molar-refractivity contribution is 9.10. The molecule has 122 valence electrons. The van der Waals surface area contributed by atoms with Gasteiger partial charge in [-0.1, -0.05) is 28.1 Å². The average molecular weight is 386 g/mol. The van der Waals surface area contributed by atoms with Crippen LogP contribution in [0.15, 0.2) is 40.9 Å². The number of fused-ring (bicyclic) bond motifs is 1. The molecule has 1 aliphatic rings. The standard InChI is InChI=1S/C17H15BrF3NO/c1-11-6-14(18)7-13-9-22(10-16(11)13)8-12-2-4-15(5-3-12)23-17(19,20)21/h2-7H,8-10H2,1H3. The van der Waals surface area contributed by atoms with Crippen molar-refractivity contribution in [1.82, 2.24) is 4.90 Å². The first-order valence-corrected chi connectivity index (χ1v) is 7.94. The van der Waals surface area contributed by atoms with Gasteiger partial charge in [-0.15, -0.1) is 13.2 Å². The fourth-order valence-corrected chi connectivity index (χ4v) is 3.52. The molecule has 0 radical (unpaired) electrons. The van der Waals surface area contributed by atoms with Gasteiger partial charge in [0.05, 0.1) is 0 Å². The van der Waals surface area contributed by atoms with Crippen LogP contribution in [0.4, 0.5) is 13.2 Å². The summed E-state index contributed by atoms with van der Waals surface area (Å²) in [4.78, 5) is 2.27. The first kappa shape index (κ1) is 16.3. The molecule has 0 bridgehead atoms. The van der Waals surface area contributed by atoms with Gasteiger partial charge in [0.15, 0.2) is 0 Å². The maximum atomic E-state index is 12.2. The number of hydrogen-bond donors (Lipinski definition) is 0. The normalized spacial score (nSPS) is 14.8. The second-order valence-corrected chi connectivity index (χ2v) is 6.61. The molecular weight excluding hydrogens is 371 g/mol. The average Bonchev–Trinajstić information content (AvgIpc) is 2.82. The van der Waals surface area contributed by atoms with Gasteiger partial charge in [-0.3, -0.25) is 4.90 Å². The van der Waals surface area contributed by atoms with E-state index in [-0.39, 0.29) is 5.75 Å². The molecule has 23 heavy (non-hydrogen) atoms. The van der Waals surface area contributed by atoms with Crippen molar-refractivity contribution < 1.29 is 17.9 Å². The van der Waals surface area contributed by atoms with E-state index >= 15 is 0 Å². The molecule has 1 heterocycles. The van der Waals surface area contributed by atoms with E-state index in [1.165, 1.54) is 28.8 Å². The summed E-state index contributed by atoms with van der Waals surface area (Å²) in [7, 11) is 0. The number of aryl methyl sites for hydroxylation is 1. The van der Waals surface area contributed by atoms with E-state index in [2.05, 4.69) is 44.6 Å². The highest BCUT2D eigenvalue weighted by Gasteiger charge is 2.31. The lowest BCUT2D eigenvalue weighted by atomic mass is 10.1. The van der Waals surface area contributed by atoms with Gasteiger partial charge in [0.2, 0.25) is 0 Å². The molecule has 2 nitrogen and oxygen atoms in total. The Hall–Kier alpha value is -1.53. The lowest BCUT2D eigenvalue weighted by Crippen LogP contribution is -2.17. The first-order valence-electron chi connectivity index (χ1n) is 7.15. The summed E-state index contributed by atoms with van der Waals surface area (Å²) in [6.07, 6.45) is -4.65. The van der Waals surface area contributed by atoms with E-state index in [9.17, 15) is 13.2 Å². The molecule has 0 aliphatic carbocycles. The van der Waals surface area contributed by atoms with Gasteiger partial charge in [-0.05, 0) is 53.4 Å². The van der Waals surface area contributed by atoms with Crippen LogP contribution in [0.3, 0.4) is 0 Å². The minimum Gasteiger partial charge on any atom is -0.406 e. The van der Waals surface area contributed by atoms with Gasteiger partial charge >= 0.3 is 6.36 Å². The molecule has 0 unspecified atom stereocenters. The summed E-state index contributed by atoms with van der Waals surface area (Å²) >= 11 is 3.51. The molecule has 2 aromatic rings. The quantitative estimate of drug-likeness (QED) is 0.722. The molecule has 0 atom stereocenters. The number of halogens is 4. The summed E-state index contributed by atoms with van der Waals surface area (Å²) < 4.78 is 41.4. The van der Waals surface area contributed by atoms with Crippen LogP contribution in [0.1, 0.15) is 22.3 Å². The first-order chi connectivity index (χ1) is 10.8. The summed E-state index contributed by atoms with van der Waals surface area (Å²) in [5.74, 6) is -0.189. The van der Waals surface area contributed by atoms with E-state index < -0.39 is 6.36 Å². The largest absolute Gasteiger partial charge is 0.573 e. The van der Waals surface area contributed by atoms with Crippen molar-refractivity contribution in [2.75, 3.05) is 0 Å². The number of benzene rings is 2. The van der Waals surface area contributed by atoms with Crippen LogP contribution in [-0.2, 0) is 19.6 Å². The van der Waals surface area contributed by atoms with Gasteiger partial charge in [0.25, 0.3) is 0 Å². The number of nitrogens with zero attached hydrogens (tertiary/aromatic N) is 1. The molecule has 0 spiro atoms. The van der Waals surface area contributed by atoms with Crippen LogP contribution in [0, 0.1) is 6.92 Å². The van der Waals surface area contributed by atoms with Crippen molar-refractivity contribution in [2.45, 2.75) is 32.9 Å². The van der Waals surface area contributed by atoms with E-state index in [4.69, 9.17) is 0 Å². The Bertz CT molecular complexity index is 713. The van der Waals surface area contributed by atoms with Crippen molar-refractivity contribution >= 4 is 15.9 Å². The van der Waals surface area contributed by atoms with Crippen LogP contribution >= 0.6 is 15.9 Å². The topological polar surface area (TPSA) is 12.5 Å². The van der Waals surface area contributed by atoms with Gasteiger partial charge < -0.3 is 4.74 Å². The molecule has 0 saturated heterocycles. The summed E-state index contributed by atoms with van der Waals surface area (Å²) in [5.41, 5.74) is 4.86. The van der Waals surface area contributed by atoms with Crippen molar-refractivity contribution in [3.05, 3.63) is 63.1 Å². The third-order valence-electron chi connectivity index (χ3n) is 3.87. The van der Waals surface area contributed by atoms with Gasteiger partial charge in [-0.2, -0.15) is 0 Å². The van der Waals surface area contributed by atoms with E-state index in [1.807, 2.05) is 0 Å². The lowest BCUT2D eigenvalue weighted by Gasteiger charge is -2.15. The van der Waals surface area contributed by atoms with Crippen LogP contribution in [0.25, 0.3) is 0 Å². The Morgan fingerprint density at radius 1 is 1.13 bits per heavy atom. The van der Waals surface area contributed by atoms with Gasteiger partial charge in [0.1, 0.15) is 5.75 Å². The Kier molecular flexibility index (Phi) is 4.38. The molecule has 2 aromatic carbocycles. The molecule has 0 N–H and O–H groups in total. The predicted octanol–water partition coefficient (Wildman–Crippen LogP) is 5.17. The Labute approximate surface area is 141 Å². The van der Waals surface area contributed by atoms with Gasteiger partial charge in [-0.25, -0.2) is 0 Å². The lowest BCUT2D eigenvalue weighted by molar-refractivity contribution is -0.274. The number of hydrogen-bond acceptors (Lipinski definition) is 2. The Morgan fingerprint density at radius 3 is 2.48 bits per heavy atom. The molecule has 0 amide bonds. The van der Waals surface area contributed by atoms with Crippen molar-refractivity contribution in [1.29, 1.82) is 0 Å². The SMILES string of the molecule is Cc1cc(Br)cc2c1CN(Cc1ccc(OC(F)(F)F)cc1)C2. The predicted molar refractivity (Wildman–Crippen MR) is 85.0 cm³/mol. The van der Waals surface area contributed by atoms with Crippen molar-refractivity contribution in [3.8, 4) is 5.75 Å². The van der Waals surface area contributed by atoms with Crippen LogP contribution < -0.4 is 4.74 Å². The fraction of sp³-hybridized carbons (Fsp3) is 0.294. The maximum Gasteiger partial charge on any atom is 0.573 e. The molecular formula is C17H15BrF3NO. The number of alkyl halides is 3.